The minimum Gasteiger partial charge on any atom is -0.657 e. The topological polar surface area (TPSA) is 74.2 Å². The van der Waals surface area contributed by atoms with Crippen molar-refractivity contribution in [2.45, 2.75) is 12.8 Å². The van der Waals surface area contributed by atoms with Gasteiger partial charge in [0, 0.05) is 6.61 Å². The molecule has 5 nitrogen and oxygen atoms in total. The van der Waals surface area contributed by atoms with E-state index in [4.69, 9.17) is 25.0 Å². The van der Waals surface area contributed by atoms with Crippen LogP contribution in [0.4, 0.5) is 0 Å². The summed E-state index contributed by atoms with van der Waals surface area (Å²) in [6.07, 6.45) is 10.1. The third-order valence-corrected chi connectivity index (χ3v) is 9.27. The normalized spacial score (nSPS) is 11.4. The third kappa shape index (κ3) is 7.45. The van der Waals surface area contributed by atoms with E-state index >= 15 is 0 Å². The first-order chi connectivity index (χ1) is 26.2. The molecule has 264 valence electrons. The van der Waals surface area contributed by atoms with E-state index in [2.05, 4.69) is 153 Å². The van der Waals surface area contributed by atoms with Crippen molar-refractivity contribution >= 4 is 46.4 Å². The fraction of sp³-hybridized carbons (Fsp3) is 0.0625. The number of benzene rings is 4. The summed E-state index contributed by atoms with van der Waals surface area (Å²) in [5.41, 5.74) is 15.0. The molecule has 1 N–H and O–H groups in total. The van der Waals surface area contributed by atoms with E-state index in [0.717, 1.165) is 102 Å². The summed E-state index contributed by atoms with van der Waals surface area (Å²) in [5.74, 6) is 0. The molecule has 0 atom stereocenters. The summed E-state index contributed by atoms with van der Waals surface area (Å²) in [4.78, 5) is 21.2. The smallest absolute Gasteiger partial charge is 0.657 e. The second-order valence-electron chi connectivity index (χ2n) is 12.8. The number of aliphatic hydroxyl groups excluding tert-OH is 1. The standard InChI is InChI=1S/C44H28N4.C4H9O.Rh/c1-5-13-29(14-6-1)41-33-21-23-35(45-33)42(30-15-7-2-8-16-30)37-25-27-39(47-37)44(32-19-11-4-12-20-32)40-28-26-38(48-40)43(31-17-9-3-10-18-31)36-24-22-34(41)46-36;1-2-3-4-5;/h1-28H;5H,1-4H2;/q-2;-1;+3. The molecule has 54 heavy (non-hydrogen) atoms. The van der Waals surface area contributed by atoms with Crippen LogP contribution in [0.15, 0.2) is 146 Å². The summed E-state index contributed by atoms with van der Waals surface area (Å²) >= 11 is 0. The number of nitrogens with zero attached hydrogens (tertiary/aromatic N) is 4. The van der Waals surface area contributed by atoms with E-state index in [1.807, 2.05) is 24.3 Å². The number of unbranched alkanes of at least 4 members (excludes halogenated alkanes) is 1. The second-order valence-corrected chi connectivity index (χ2v) is 12.8. The van der Waals surface area contributed by atoms with E-state index in [-0.39, 0.29) is 26.1 Å². The first-order valence-electron chi connectivity index (χ1n) is 17.9. The molecule has 0 fully saturated rings. The largest absolute Gasteiger partial charge is 3.00 e. The monoisotopic (exact) mass is 788 g/mol. The molecule has 3 aromatic heterocycles. The molecule has 9 rings (SSSR count). The molecule has 6 heteroatoms. The van der Waals surface area contributed by atoms with Gasteiger partial charge in [-0.3, -0.25) is 0 Å². The molecule has 0 radical (unpaired) electrons. The third-order valence-electron chi connectivity index (χ3n) is 9.27. The van der Waals surface area contributed by atoms with Gasteiger partial charge < -0.3 is 22.0 Å². The van der Waals surface area contributed by atoms with Crippen molar-refractivity contribution in [3.05, 3.63) is 175 Å². The fourth-order valence-electron chi connectivity index (χ4n) is 6.80. The van der Waals surface area contributed by atoms with Gasteiger partial charge >= 0.3 is 19.5 Å². The van der Waals surface area contributed by atoms with Gasteiger partial charge in [0.1, 0.15) is 0 Å². The molecular weight excluding hydrogens is 751 g/mol. The Morgan fingerprint density at radius 3 is 0.870 bits per heavy atom. The van der Waals surface area contributed by atoms with Crippen LogP contribution in [-0.2, 0) is 19.5 Å². The van der Waals surface area contributed by atoms with Crippen LogP contribution in [0.2, 0.25) is 0 Å². The Kier molecular flexibility index (Phi) is 11.3. The van der Waals surface area contributed by atoms with Gasteiger partial charge in [-0.15, -0.1) is 22.1 Å². The predicted molar refractivity (Wildman–Crippen MR) is 220 cm³/mol. The van der Waals surface area contributed by atoms with Crippen molar-refractivity contribution in [3.8, 4) is 44.5 Å². The molecular formula is C48H37N4ORh. The Morgan fingerprint density at radius 1 is 0.407 bits per heavy atom. The molecule has 7 aromatic rings. The molecule has 0 saturated carbocycles. The van der Waals surface area contributed by atoms with E-state index in [9.17, 15) is 0 Å². The summed E-state index contributed by atoms with van der Waals surface area (Å²) in [6, 6.07) is 50.0. The zero-order valence-corrected chi connectivity index (χ0v) is 31.2. The maximum atomic E-state index is 8.03. The summed E-state index contributed by atoms with van der Waals surface area (Å²) in [5, 5.41) is 8.03. The average Bonchev–Trinajstić information content (AvgIpc) is 4.05. The van der Waals surface area contributed by atoms with Crippen LogP contribution >= 0.6 is 0 Å². The Hall–Kier alpha value is -5.94. The fourth-order valence-corrected chi connectivity index (χ4v) is 6.80. The number of aliphatic hydroxyl groups is 1. The molecule has 4 aromatic carbocycles. The van der Waals surface area contributed by atoms with Gasteiger partial charge in [0.05, 0.1) is 22.8 Å². The number of hydrogen-bond donors (Lipinski definition) is 1. The SMILES string of the molecule is C1=Cc2nc1c(-c1ccccc1)c1ccc([n-]1)c(-c1ccccc1)c1nc(c(-c3ccccc3)c3ccc([n-]3)c2-c2ccccc2)C=C1.[CH2-]CCCO.[Rh+3]. The van der Waals surface area contributed by atoms with Crippen molar-refractivity contribution in [1.29, 1.82) is 0 Å². The molecule has 0 saturated heterocycles. The van der Waals surface area contributed by atoms with E-state index < -0.39 is 0 Å². The second kappa shape index (κ2) is 16.8. The Labute approximate surface area is 328 Å². The van der Waals surface area contributed by atoms with E-state index in [1.165, 1.54) is 0 Å². The molecule has 0 unspecified atom stereocenters. The first kappa shape index (κ1) is 36.4. The van der Waals surface area contributed by atoms with Crippen LogP contribution in [0, 0.1) is 6.92 Å². The van der Waals surface area contributed by atoms with Gasteiger partial charge in [-0.25, -0.2) is 9.97 Å². The molecule has 2 aliphatic heterocycles. The average molecular weight is 789 g/mol. The number of rotatable bonds is 6. The van der Waals surface area contributed by atoms with Crippen LogP contribution < -0.4 is 9.97 Å². The van der Waals surface area contributed by atoms with Gasteiger partial charge in [0.2, 0.25) is 0 Å². The van der Waals surface area contributed by atoms with Crippen molar-refractivity contribution in [1.82, 2.24) is 19.9 Å². The van der Waals surface area contributed by atoms with E-state index in [1.54, 1.807) is 0 Å². The van der Waals surface area contributed by atoms with Gasteiger partial charge in [-0.1, -0.05) is 152 Å². The zero-order chi connectivity index (χ0) is 36.0. The van der Waals surface area contributed by atoms with Crippen LogP contribution in [0.25, 0.3) is 90.9 Å². The number of hydrogen-bond acceptors (Lipinski definition) is 3. The molecule has 2 aliphatic rings. The summed E-state index contributed by atoms with van der Waals surface area (Å²) in [7, 11) is 0. The zero-order valence-electron chi connectivity index (χ0n) is 29.6. The Morgan fingerprint density at radius 2 is 0.667 bits per heavy atom. The maximum Gasteiger partial charge on any atom is 3.00 e. The van der Waals surface area contributed by atoms with E-state index in [0.29, 0.717) is 0 Å². The molecule has 0 amide bonds. The van der Waals surface area contributed by atoms with Crippen molar-refractivity contribution in [3.63, 3.8) is 0 Å². The van der Waals surface area contributed by atoms with Gasteiger partial charge in [-0.2, -0.15) is 6.42 Å². The summed E-state index contributed by atoms with van der Waals surface area (Å²) < 4.78 is 0. The number of aromatic nitrogens is 4. The van der Waals surface area contributed by atoms with Crippen LogP contribution in [0.3, 0.4) is 0 Å². The molecule has 0 spiro atoms. The first-order valence-corrected chi connectivity index (χ1v) is 17.9. The van der Waals surface area contributed by atoms with Crippen molar-refractivity contribution in [2.24, 2.45) is 0 Å². The predicted octanol–water partition coefficient (Wildman–Crippen LogP) is 11.2. The van der Waals surface area contributed by atoms with Crippen molar-refractivity contribution in [2.75, 3.05) is 6.61 Å². The quantitative estimate of drug-likeness (QED) is 0.134. The van der Waals surface area contributed by atoms with Gasteiger partial charge in [0.25, 0.3) is 0 Å². The minimum atomic E-state index is 0. The van der Waals surface area contributed by atoms with Crippen LogP contribution in [-0.4, -0.2) is 21.7 Å². The minimum absolute atomic E-state index is 0. The maximum absolute atomic E-state index is 8.03. The van der Waals surface area contributed by atoms with Crippen LogP contribution in [0.5, 0.6) is 0 Å². The van der Waals surface area contributed by atoms with Crippen LogP contribution in [0.1, 0.15) is 35.6 Å². The van der Waals surface area contributed by atoms with Gasteiger partial charge in [0.15, 0.2) is 0 Å². The van der Waals surface area contributed by atoms with Gasteiger partial charge in [-0.05, 0) is 68.8 Å². The molecule has 5 heterocycles. The Bertz CT molecular complexity index is 2240. The molecule has 0 aliphatic carbocycles. The summed E-state index contributed by atoms with van der Waals surface area (Å²) in [6.45, 7) is 3.80. The van der Waals surface area contributed by atoms with Crippen molar-refractivity contribution < 1.29 is 24.6 Å². The Balaban J connectivity index is 0.000000706. The number of fused-ring (bicyclic) bond motifs is 8. The molecule has 8 bridgehead atoms.